The number of carbonyl (C=O) groups is 2. The number of hydrogen-bond acceptors (Lipinski definition) is 3. The molecular formula is C15H17FN2O3. The zero-order valence-electron chi connectivity index (χ0n) is 11.9. The van der Waals surface area contributed by atoms with Gasteiger partial charge >= 0.3 is 0 Å². The summed E-state index contributed by atoms with van der Waals surface area (Å²) < 4.78 is 13.8. The maximum Gasteiger partial charge on any atom is 0.254 e. The monoisotopic (exact) mass is 292 g/mol. The van der Waals surface area contributed by atoms with Gasteiger partial charge in [-0.3, -0.25) is 9.59 Å². The number of hydrogen-bond donors (Lipinski definition) is 3. The first-order chi connectivity index (χ1) is 9.99. The highest BCUT2D eigenvalue weighted by Gasteiger charge is 2.18. The lowest BCUT2D eigenvalue weighted by molar-refractivity contribution is -0.122. The summed E-state index contributed by atoms with van der Waals surface area (Å²) in [4.78, 5) is 23.4. The molecule has 1 rings (SSSR count). The third-order valence-corrected chi connectivity index (χ3v) is 2.62. The smallest absolute Gasteiger partial charge is 0.254 e. The second kappa shape index (κ2) is 8.02. The van der Waals surface area contributed by atoms with E-state index in [0.717, 1.165) is 6.07 Å². The minimum atomic E-state index is -0.759. The molecule has 1 aromatic carbocycles. The number of nitrogens with one attached hydrogen (secondary N) is 2. The van der Waals surface area contributed by atoms with Crippen molar-refractivity contribution in [3.05, 3.63) is 35.1 Å². The topological polar surface area (TPSA) is 78.4 Å². The molecule has 0 saturated heterocycles. The summed E-state index contributed by atoms with van der Waals surface area (Å²) in [5.41, 5.74) is 0.190. The molecule has 3 N–H and O–H groups in total. The van der Waals surface area contributed by atoms with Crippen molar-refractivity contribution in [2.75, 3.05) is 13.2 Å². The van der Waals surface area contributed by atoms with Crippen LogP contribution in [0.3, 0.4) is 0 Å². The van der Waals surface area contributed by atoms with Crippen molar-refractivity contribution in [1.82, 2.24) is 10.6 Å². The van der Waals surface area contributed by atoms with Gasteiger partial charge in [0.05, 0.1) is 5.56 Å². The van der Waals surface area contributed by atoms with E-state index in [1.54, 1.807) is 6.92 Å². The third-order valence-electron chi connectivity index (χ3n) is 2.62. The third kappa shape index (κ3) is 4.89. The van der Waals surface area contributed by atoms with E-state index in [-0.39, 0.29) is 18.1 Å². The first-order valence-corrected chi connectivity index (χ1v) is 6.47. The molecule has 1 atom stereocenters. The Balaban J connectivity index is 2.81. The summed E-state index contributed by atoms with van der Waals surface area (Å²) in [6, 6.07) is 3.10. The van der Waals surface area contributed by atoms with Crippen molar-refractivity contribution >= 4 is 11.8 Å². The van der Waals surface area contributed by atoms with Gasteiger partial charge in [-0.05, 0) is 32.0 Å². The van der Waals surface area contributed by atoms with E-state index in [9.17, 15) is 14.0 Å². The lowest BCUT2D eigenvalue weighted by atomic mass is 10.1. The van der Waals surface area contributed by atoms with Crippen molar-refractivity contribution < 1.29 is 19.1 Å². The molecule has 0 aliphatic heterocycles. The Kier molecular flexibility index (Phi) is 6.37. The fraction of sp³-hybridized carbons (Fsp3) is 0.333. The van der Waals surface area contributed by atoms with E-state index in [1.165, 1.54) is 19.1 Å². The Morgan fingerprint density at radius 3 is 2.71 bits per heavy atom. The molecule has 0 aliphatic carbocycles. The van der Waals surface area contributed by atoms with E-state index < -0.39 is 17.8 Å². The predicted octanol–water partition coefficient (Wildman–Crippen LogP) is 0.424. The predicted molar refractivity (Wildman–Crippen MR) is 76.0 cm³/mol. The normalized spacial score (nSPS) is 11.0. The first kappa shape index (κ1) is 16.7. The molecule has 0 aromatic heterocycles. The summed E-state index contributed by atoms with van der Waals surface area (Å²) in [6.07, 6.45) is 0. The molecule has 112 valence electrons. The van der Waals surface area contributed by atoms with Gasteiger partial charge in [-0.1, -0.05) is 11.8 Å². The minimum absolute atomic E-state index is 0.166. The number of benzene rings is 1. The van der Waals surface area contributed by atoms with Crippen molar-refractivity contribution in [2.45, 2.75) is 19.9 Å². The van der Waals surface area contributed by atoms with Gasteiger partial charge in [0.25, 0.3) is 5.91 Å². The molecule has 21 heavy (non-hydrogen) atoms. The van der Waals surface area contributed by atoms with Crippen LogP contribution < -0.4 is 10.6 Å². The van der Waals surface area contributed by atoms with E-state index in [0.29, 0.717) is 12.1 Å². The largest absolute Gasteiger partial charge is 0.384 e. The van der Waals surface area contributed by atoms with Gasteiger partial charge in [0.2, 0.25) is 5.91 Å². The molecule has 0 saturated carbocycles. The second-order valence-electron chi connectivity index (χ2n) is 4.24. The summed E-state index contributed by atoms with van der Waals surface area (Å²) in [7, 11) is 0. The minimum Gasteiger partial charge on any atom is -0.384 e. The Bertz CT molecular complexity index is 590. The molecule has 2 amide bonds. The lowest BCUT2D eigenvalue weighted by Crippen LogP contribution is -2.44. The van der Waals surface area contributed by atoms with Crippen molar-refractivity contribution in [3.8, 4) is 11.8 Å². The second-order valence-corrected chi connectivity index (χ2v) is 4.24. The van der Waals surface area contributed by atoms with Crippen LogP contribution in [0.5, 0.6) is 0 Å². The number of rotatable bonds is 4. The van der Waals surface area contributed by atoms with Crippen molar-refractivity contribution in [1.29, 1.82) is 0 Å². The van der Waals surface area contributed by atoms with Crippen LogP contribution in [0.25, 0.3) is 0 Å². The maximum absolute atomic E-state index is 13.8. The van der Waals surface area contributed by atoms with Gasteiger partial charge < -0.3 is 15.7 Å². The molecule has 1 aromatic rings. The molecule has 0 bridgehead atoms. The maximum atomic E-state index is 13.8. The van der Waals surface area contributed by atoms with Crippen LogP contribution in [-0.2, 0) is 4.79 Å². The van der Waals surface area contributed by atoms with Crippen molar-refractivity contribution in [3.63, 3.8) is 0 Å². The molecule has 1 unspecified atom stereocenters. The molecule has 0 heterocycles. The average molecular weight is 292 g/mol. The van der Waals surface area contributed by atoms with E-state index in [1.807, 2.05) is 0 Å². The Morgan fingerprint density at radius 1 is 1.43 bits per heavy atom. The molecule has 0 aliphatic rings. The standard InChI is InChI=1S/C15H17FN2O3/c1-3-17-14(20)10(2)18-15(21)12-7-6-11(5-4-8-19)9-13(12)16/h6-7,9-10,19H,3,8H2,1-2H3,(H,17,20)(H,18,21). The number of aliphatic hydroxyl groups is 1. The quantitative estimate of drug-likeness (QED) is 0.704. The van der Waals surface area contributed by atoms with Gasteiger partial charge in [0.15, 0.2) is 0 Å². The van der Waals surface area contributed by atoms with Crippen LogP contribution >= 0.6 is 0 Å². The first-order valence-electron chi connectivity index (χ1n) is 6.47. The number of carbonyl (C=O) groups excluding carboxylic acids is 2. The van der Waals surface area contributed by atoms with Gasteiger partial charge in [0, 0.05) is 12.1 Å². The van der Waals surface area contributed by atoms with Crippen LogP contribution in [0.2, 0.25) is 0 Å². The van der Waals surface area contributed by atoms with E-state index in [2.05, 4.69) is 22.5 Å². The van der Waals surface area contributed by atoms with E-state index in [4.69, 9.17) is 5.11 Å². The summed E-state index contributed by atoms with van der Waals surface area (Å²) in [5.74, 6) is 3.18. The fourth-order valence-corrected chi connectivity index (χ4v) is 1.59. The number of halogens is 1. The van der Waals surface area contributed by atoms with Gasteiger partial charge in [-0.25, -0.2) is 4.39 Å². The molecule has 5 nitrogen and oxygen atoms in total. The van der Waals surface area contributed by atoms with Crippen LogP contribution in [0.1, 0.15) is 29.8 Å². The zero-order valence-corrected chi connectivity index (χ0v) is 11.9. The Labute approximate surface area is 122 Å². The summed E-state index contributed by atoms with van der Waals surface area (Å²) >= 11 is 0. The summed E-state index contributed by atoms with van der Waals surface area (Å²) in [6.45, 7) is 3.40. The molecule has 0 radical (unpaired) electrons. The lowest BCUT2D eigenvalue weighted by Gasteiger charge is -2.13. The number of amides is 2. The highest BCUT2D eigenvalue weighted by molar-refractivity contribution is 5.97. The molecular weight excluding hydrogens is 275 g/mol. The van der Waals surface area contributed by atoms with Crippen LogP contribution in [0.15, 0.2) is 18.2 Å². The van der Waals surface area contributed by atoms with Gasteiger partial charge in [-0.2, -0.15) is 0 Å². The van der Waals surface area contributed by atoms with Crippen LogP contribution in [0.4, 0.5) is 4.39 Å². The SMILES string of the molecule is CCNC(=O)C(C)NC(=O)c1ccc(C#CCO)cc1F. The Morgan fingerprint density at radius 2 is 2.14 bits per heavy atom. The highest BCUT2D eigenvalue weighted by Crippen LogP contribution is 2.10. The molecule has 6 heteroatoms. The number of likely N-dealkylation sites (N-methyl/N-ethyl adjacent to an activating group) is 1. The van der Waals surface area contributed by atoms with Crippen LogP contribution in [0, 0.1) is 17.7 Å². The summed E-state index contributed by atoms with van der Waals surface area (Å²) in [5, 5.41) is 13.5. The molecule has 0 fully saturated rings. The Hall–Kier alpha value is -2.39. The fourth-order valence-electron chi connectivity index (χ4n) is 1.59. The van der Waals surface area contributed by atoms with E-state index >= 15 is 0 Å². The number of aliphatic hydroxyl groups excluding tert-OH is 1. The van der Waals surface area contributed by atoms with Crippen LogP contribution in [-0.4, -0.2) is 36.1 Å². The van der Waals surface area contributed by atoms with Crippen molar-refractivity contribution in [2.24, 2.45) is 0 Å². The zero-order chi connectivity index (χ0) is 15.8. The highest BCUT2D eigenvalue weighted by atomic mass is 19.1. The van der Waals surface area contributed by atoms with Gasteiger partial charge in [0.1, 0.15) is 18.5 Å². The average Bonchev–Trinajstić information content (AvgIpc) is 2.45. The van der Waals surface area contributed by atoms with Gasteiger partial charge in [-0.15, -0.1) is 0 Å². The molecule has 0 spiro atoms.